The van der Waals surface area contributed by atoms with Crippen molar-refractivity contribution in [1.29, 1.82) is 0 Å². The van der Waals surface area contributed by atoms with Gasteiger partial charge in [-0.1, -0.05) is 167 Å². The molecule has 1 aliphatic carbocycles. The Bertz CT molecular complexity index is 4070. The minimum absolute atomic E-state index is 0.0724. The van der Waals surface area contributed by atoms with Gasteiger partial charge in [0.25, 0.3) is 0 Å². The first-order valence-corrected chi connectivity index (χ1v) is 25.5. The van der Waals surface area contributed by atoms with Crippen molar-refractivity contribution in [2.75, 3.05) is 5.32 Å². The average molecular weight is 907 g/mol. The van der Waals surface area contributed by atoms with Crippen molar-refractivity contribution in [2.24, 2.45) is 0 Å². The predicted octanol–water partition coefficient (Wildman–Crippen LogP) is 16.4. The molecule has 5 heteroatoms. The molecule has 4 heterocycles. The first kappa shape index (κ1) is 39.9. The van der Waals surface area contributed by atoms with Crippen LogP contribution >= 0.6 is 22.7 Å². The van der Waals surface area contributed by atoms with E-state index in [2.05, 4.69) is 226 Å². The Morgan fingerprint density at radius 2 is 1.24 bits per heavy atom. The van der Waals surface area contributed by atoms with Crippen LogP contribution in [-0.4, -0.2) is 11.8 Å². The van der Waals surface area contributed by atoms with Crippen LogP contribution in [0.25, 0.3) is 102 Å². The van der Waals surface area contributed by atoms with Gasteiger partial charge in [0.1, 0.15) is 0 Å². The minimum Gasteiger partial charge on any atom is -0.355 e. The predicted molar refractivity (Wildman–Crippen MR) is 298 cm³/mol. The molecule has 0 saturated heterocycles. The van der Waals surface area contributed by atoms with Crippen LogP contribution in [0.2, 0.25) is 0 Å². The van der Waals surface area contributed by atoms with Gasteiger partial charge >= 0.3 is 0 Å². The molecule has 0 fully saturated rings. The number of aromatic nitrogens is 1. The van der Waals surface area contributed by atoms with Crippen LogP contribution in [-0.2, 0) is 10.8 Å². The van der Waals surface area contributed by atoms with Crippen LogP contribution in [0.3, 0.4) is 0 Å². The largest absolute Gasteiger partial charge is 0.355 e. The number of thiophene rings is 2. The summed E-state index contributed by atoms with van der Waals surface area (Å²) in [7, 11) is 0.823. The van der Waals surface area contributed by atoms with E-state index in [9.17, 15) is 0 Å². The molecule has 2 aliphatic rings. The molecule has 0 saturated carbocycles. The SMILES string of the molecule is CC(C)(C)c1ccc(Nc2cc3c(cc2-c2ccc4c5cc6sc7ccccc7c6cc5n5c4c2Bc2cc4sc(-c6ccccc6)c(-c6ccccc6)c4cc2-5)-c2ccccc2C3(C)C)cc1. The number of hydrogen-bond acceptors (Lipinski definition) is 3. The van der Waals surface area contributed by atoms with E-state index in [1.807, 2.05) is 22.7 Å². The lowest BCUT2D eigenvalue weighted by atomic mass is 9.59. The van der Waals surface area contributed by atoms with Crippen LogP contribution in [0, 0.1) is 0 Å². The Morgan fingerprint density at radius 3 is 2.03 bits per heavy atom. The van der Waals surface area contributed by atoms with E-state index in [1.54, 1.807) is 0 Å². The van der Waals surface area contributed by atoms with Gasteiger partial charge in [-0.2, -0.15) is 0 Å². The Hall–Kier alpha value is -7.18. The number of fused-ring (bicyclic) bond motifs is 12. The first-order valence-electron chi connectivity index (χ1n) is 23.9. The maximum Gasteiger partial charge on any atom is 0.198 e. The summed E-state index contributed by atoms with van der Waals surface area (Å²) in [6, 6.07) is 68.9. The second-order valence-electron chi connectivity index (χ2n) is 20.5. The quantitative estimate of drug-likeness (QED) is 0.170. The van der Waals surface area contributed by atoms with Crippen molar-refractivity contribution >= 4 is 104 Å². The summed E-state index contributed by atoms with van der Waals surface area (Å²) < 4.78 is 6.63. The second-order valence-corrected chi connectivity index (χ2v) is 22.7. The lowest BCUT2D eigenvalue weighted by Gasteiger charge is -2.26. The second kappa shape index (κ2) is 14.4. The van der Waals surface area contributed by atoms with Crippen molar-refractivity contribution in [3.05, 3.63) is 199 Å². The molecule has 324 valence electrons. The Morgan fingerprint density at radius 1 is 0.515 bits per heavy atom. The van der Waals surface area contributed by atoms with E-state index in [4.69, 9.17) is 0 Å². The van der Waals surface area contributed by atoms with E-state index >= 15 is 0 Å². The summed E-state index contributed by atoms with van der Waals surface area (Å²) in [5.74, 6) is 0. The highest BCUT2D eigenvalue weighted by molar-refractivity contribution is 7.26. The molecular formula is C63H47BN2S2. The number of nitrogens with zero attached hydrogens (tertiary/aromatic N) is 1. The van der Waals surface area contributed by atoms with Gasteiger partial charge in [-0.15, -0.1) is 22.7 Å². The fourth-order valence-electron chi connectivity index (χ4n) is 11.8. The number of hydrogen-bond donors (Lipinski definition) is 1. The van der Waals surface area contributed by atoms with Gasteiger partial charge in [0.15, 0.2) is 7.28 Å². The normalized spacial score (nSPS) is 13.6. The summed E-state index contributed by atoms with van der Waals surface area (Å²) in [5, 5.41) is 10.6. The molecule has 68 heavy (non-hydrogen) atoms. The highest BCUT2D eigenvalue weighted by Gasteiger charge is 2.37. The van der Waals surface area contributed by atoms with E-state index in [1.165, 1.54) is 129 Å². The number of nitrogens with one attached hydrogen (secondary N) is 1. The fraction of sp³-hybridized carbons (Fsp3) is 0.111. The van der Waals surface area contributed by atoms with E-state index in [0.29, 0.717) is 0 Å². The molecule has 9 aromatic carbocycles. The molecule has 0 bridgehead atoms. The summed E-state index contributed by atoms with van der Waals surface area (Å²) in [6.45, 7) is 11.6. The lowest BCUT2D eigenvalue weighted by Crippen LogP contribution is -2.37. The number of benzene rings is 9. The van der Waals surface area contributed by atoms with Crippen LogP contribution in [0.1, 0.15) is 51.3 Å². The van der Waals surface area contributed by atoms with Crippen molar-refractivity contribution < 1.29 is 0 Å². The van der Waals surface area contributed by atoms with Crippen LogP contribution in [0.5, 0.6) is 0 Å². The Kier molecular flexibility index (Phi) is 8.47. The van der Waals surface area contributed by atoms with Crippen LogP contribution < -0.4 is 16.2 Å². The highest BCUT2D eigenvalue weighted by atomic mass is 32.1. The van der Waals surface area contributed by atoms with Gasteiger partial charge in [-0.05, 0) is 110 Å². The van der Waals surface area contributed by atoms with Crippen LogP contribution in [0.4, 0.5) is 11.4 Å². The molecule has 0 unspecified atom stereocenters. The number of anilines is 2. The highest BCUT2D eigenvalue weighted by Crippen LogP contribution is 2.53. The third-order valence-corrected chi connectivity index (χ3v) is 17.5. The summed E-state index contributed by atoms with van der Waals surface area (Å²) in [6.07, 6.45) is 0. The monoisotopic (exact) mass is 906 g/mol. The maximum atomic E-state index is 4.02. The third kappa shape index (κ3) is 5.82. The zero-order chi connectivity index (χ0) is 45.6. The van der Waals surface area contributed by atoms with Crippen LogP contribution in [0.15, 0.2) is 182 Å². The zero-order valence-corrected chi connectivity index (χ0v) is 40.4. The van der Waals surface area contributed by atoms with E-state index in [-0.39, 0.29) is 10.8 Å². The molecule has 0 amide bonds. The molecule has 14 rings (SSSR count). The van der Waals surface area contributed by atoms with E-state index in [0.717, 1.165) is 18.7 Å². The Labute approximate surface area is 405 Å². The smallest absolute Gasteiger partial charge is 0.198 e. The summed E-state index contributed by atoms with van der Waals surface area (Å²) in [4.78, 5) is 1.31. The Balaban J connectivity index is 1.07. The zero-order valence-electron chi connectivity index (χ0n) is 38.8. The maximum absolute atomic E-state index is 4.02. The molecule has 0 radical (unpaired) electrons. The van der Waals surface area contributed by atoms with Crippen molar-refractivity contribution in [1.82, 2.24) is 4.57 Å². The van der Waals surface area contributed by atoms with Gasteiger partial charge in [0, 0.05) is 85.0 Å². The molecule has 12 aromatic rings. The van der Waals surface area contributed by atoms with Gasteiger partial charge in [-0.3, -0.25) is 0 Å². The molecular weight excluding hydrogens is 860 g/mol. The lowest BCUT2D eigenvalue weighted by molar-refractivity contribution is 0.590. The standard InChI is InChI=1S/C63H47BN2S2/c1-62(2,3)38-24-26-39(27-25-38)65-52-34-50-44(40-20-12-14-22-49(40)63(50,4)5)30-45(52)42-28-29-43-46-33-56-47(41-21-13-15-23-55(41)67-56)31-53(46)66-54-32-48-57(35-51(54)64-59(42)60(43)66)68-61(37-18-10-7-11-19-37)58(48)36-16-8-6-9-17-36/h6-35,64-65H,1-5H3. The van der Waals surface area contributed by atoms with Gasteiger partial charge < -0.3 is 9.88 Å². The van der Waals surface area contributed by atoms with Gasteiger partial charge in [-0.25, -0.2) is 0 Å². The van der Waals surface area contributed by atoms with Crippen molar-refractivity contribution in [3.63, 3.8) is 0 Å². The third-order valence-electron chi connectivity index (χ3n) is 15.2. The topological polar surface area (TPSA) is 17.0 Å². The fourth-order valence-corrected chi connectivity index (χ4v) is 14.2. The molecule has 0 spiro atoms. The van der Waals surface area contributed by atoms with Gasteiger partial charge in [0.05, 0.1) is 5.52 Å². The van der Waals surface area contributed by atoms with Crippen molar-refractivity contribution in [3.8, 4) is 49.5 Å². The van der Waals surface area contributed by atoms with E-state index < -0.39 is 0 Å². The van der Waals surface area contributed by atoms with Gasteiger partial charge in [0.2, 0.25) is 0 Å². The molecule has 2 nitrogen and oxygen atoms in total. The minimum atomic E-state index is -0.138. The number of rotatable bonds is 5. The summed E-state index contributed by atoms with van der Waals surface area (Å²) >= 11 is 3.83. The molecule has 1 aliphatic heterocycles. The van der Waals surface area contributed by atoms with Crippen molar-refractivity contribution in [2.45, 2.75) is 45.4 Å². The summed E-state index contributed by atoms with van der Waals surface area (Å²) in [5.41, 5.74) is 21.8. The molecule has 0 atom stereocenters. The molecule has 3 aromatic heterocycles. The average Bonchev–Trinajstić information content (AvgIpc) is 4.07. The molecule has 1 N–H and O–H groups in total. The first-order chi connectivity index (χ1) is 33.1.